The van der Waals surface area contributed by atoms with Crippen LogP contribution in [0.25, 0.3) is 0 Å². The highest BCUT2D eigenvalue weighted by molar-refractivity contribution is 5.94. The van der Waals surface area contributed by atoms with E-state index in [-0.39, 0.29) is 12.1 Å². The number of hydrogen-bond acceptors (Lipinski definition) is 5. The number of rotatable bonds is 6. The summed E-state index contributed by atoms with van der Waals surface area (Å²) in [4.78, 5) is 16.4. The Morgan fingerprint density at radius 3 is 2.72 bits per heavy atom. The minimum Gasteiger partial charge on any atom is -0.330 e. The van der Waals surface area contributed by atoms with Crippen LogP contribution in [0.2, 0.25) is 0 Å². The first-order valence-electron chi connectivity index (χ1n) is 8.47. The lowest BCUT2D eigenvalue weighted by Crippen LogP contribution is -2.50. The average Bonchev–Trinajstić information content (AvgIpc) is 2.97. The van der Waals surface area contributed by atoms with Crippen molar-refractivity contribution in [3.8, 4) is 0 Å². The second-order valence-electron chi connectivity index (χ2n) is 6.18. The van der Waals surface area contributed by atoms with E-state index in [1.165, 1.54) is 11.9 Å². The first-order valence-corrected chi connectivity index (χ1v) is 8.47. The minimum absolute atomic E-state index is 0.0554. The number of nitrogens with two attached hydrogens (primary N) is 2. The number of piperazine rings is 1. The van der Waals surface area contributed by atoms with Gasteiger partial charge in [0.1, 0.15) is 0 Å². The van der Waals surface area contributed by atoms with Gasteiger partial charge in [-0.1, -0.05) is 17.4 Å². The minimum atomic E-state index is 0.0554. The molecular weight excluding hydrogens is 320 g/mol. The summed E-state index contributed by atoms with van der Waals surface area (Å²) in [6.45, 7) is 3.27. The molecular formula is C16H24N8O. The molecule has 0 bridgehead atoms. The number of benzene rings is 1. The Morgan fingerprint density at radius 2 is 2.00 bits per heavy atom. The van der Waals surface area contributed by atoms with Gasteiger partial charge in [-0.05, 0) is 37.1 Å². The van der Waals surface area contributed by atoms with Gasteiger partial charge in [0.15, 0.2) is 6.34 Å². The summed E-state index contributed by atoms with van der Waals surface area (Å²) in [6.07, 6.45) is 3.13. The van der Waals surface area contributed by atoms with Crippen molar-refractivity contribution in [2.24, 2.45) is 27.0 Å². The van der Waals surface area contributed by atoms with Gasteiger partial charge < -0.3 is 16.5 Å². The van der Waals surface area contributed by atoms with E-state index in [4.69, 9.17) is 11.6 Å². The van der Waals surface area contributed by atoms with Crippen LogP contribution in [0.5, 0.6) is 0 Å². The highest BCUT2D eigenvalue weighted by Gasteiger charge is 2.41. The SMILES string of the molecule is NCCCc1ccc(N2CC3CN(N=NC=NN)CCN3C2=O)cc1. The average molecular weight is 344 g/mol. The summed E-state index contributed by atoms with van der Waals surface area (Å²) in [5, 5.41) is 13.0. The molecule has 2 aliphatic heterocycles. The van der Waals surface area contributed by atoms with Gasteiger partial charge in [0.05, 0.1) is 19.1 Å². The van der Waals surface area contributed by atoms with E-state index in [1.54, 1.807) is 0 Å². The maximum atomic E-state index is 12.7. The van der Waals surface area contributed by atoms with Gasteiger partial charge in [-0.2, -0.15) is 5.10 Å². The van der Waals surface area contributed by atoms with E-state index in [2.05, 4.69) is 27.6 Å². The van der Waals surface area contributed by atoms with Crippen molar-refractivity contribution in [3.63, 3.8) is 0 Å². The summed E-state index contributed by atoms with van der Waals surface area (Å²) in [5.74, 6) is 5.00. The van der Waals surface area contributed by atoms with Crippen LogP contribution in [-0.2, 0) is 6.42 Å². The molecule has 3 rings (SSSR count). The second kappa shape index (κ2) is 7.93. The number of aryl methyl sites for hydroxylation is 1. The molecule has 0 radical (unpaired) electrons. The van der Waals surface area contributed by atoms with Gasteiger partial charge in [0, 0.05) is 18.8 Å². The summed E-state index contributed by atoms with van der Waals surface area (Å²) < 4.78 is 0. The largest absolute Gasteiger partial charge is 0.330 e. The van der Waals surface area contributed by atoms with Crippen LogP contribution in [0, 0.1) is 0 Å². The Hall–Kier alpha value is -2.68. The van der Waals surface area contributed by atoms with Crippen LogP contribution in [0.3, 0.4) is 0 Å². The number of anilines is 1. The van der Waals surface area contributed by atoms with E-state index in [9.17, 15) is 4.79 Å². The van der Waals surface area contributed by atoms with Crippen molar-refractivity contribution in [3.05, 3.63) is 29.8 Å². The molecule has 1 unspecified atom stereocenters. The topological polar surface area (TPSA) is 116 Å². The molecule has 2 fully saturated rings. The number of amides is 2. The Kier molecular flexibility index (Phi) is 5.44. The lowest BCUT2D eigenvalue weighted by molar-refractivity contribution is 0.119. The zero-order chi connectivity index (χ0) is 17.6. The molecule has 0 aromatic heterocycles. The fourth-order valence-corrected chi connectivity index (χ4v) is 3.26. The monoisotopic (exact) mass is 344 g/mol. The molecule has 0 spiro atoms. The van der Waals surface area contributed by atoms with Gasteiger partial charge in [-0.25, -0.2) is 4.79 Å². The molecule has 1 atom stereocenters. The zero-order valence-corrected chi connectivity index (χ0v) is 14.2. The van der Waals surface area contributed by atoms with Crippen molar-refractivity contribution in [1.29, 1.82) is 0 Å². The third-order valence-electron chi connectivity index (χ3n) is 4.55. The lowest BCUT2D eigenvalue weighted by atomic mass is 10.1. The van der Waals surface area contributed by atoms with Gasteiger partial charge in [-0.15, -0.1) is 5.11 Å². The fraction of sp³-hybridized carbons (Fsp3) is 0.500. The summed E-state index contributed by atoms with van der Waals surface area (Å²) in [5.41, 5.74) is 7.72. The van der Waals surface area contributed by atoms with Crippen molar-refractivity contribution in [1.82, 2.24) is 9.91 Å². The van der Waals surface area contributed by atoms with E-state index in [0.717, 1.165) is 18.5 Å². The Morgan fingerprint density at radius 1 is 1.20 bits per heavy atom. The van der Waals surface area contributed by atoms with Gasteiger partial charge in [0.25, 0.3) is 0 Å². The normalized spacial score (nSPS) is 20.9. The summed E-state index contributed by atoms with van der Waals surface area (Å²) >= 11 is 0. The van der Waals surface area contributed by atoms with Crippen LogP contribution >= 0.6 is 0 Å². The highest BCUT2D eigenvalue weighted by Crippen LogP contribution is 2.26. The third kappa shape index (κ3) is 3.87. The van der Waals surface area contributed by atoms with Crippen molar-refractivity contribution >= 4 is 18.1 Å². The number of carbonyl (C=O) groups is 1. The van der Waals surface area contributed by atoms with Crippen LogP contribution < -0.4 is 16.5 Å². The number of hydrogen-bond donors (Lipinski definition) is 2. The van der Waals surface area contributed by atoms with Crippen LogP contribution in [-0.4, -0.2) is 61.0 Å². The van der Waals surface area contributed by atoms with E-state index >= 15 is 0 Å². The molecule has 2 amide bonds. The van der Waals surface area contributed by atoms with Crippen molar-refractivity contribution in [2.45, 2.75) is 18.9 Å². The zero-order valence-electron chi connectivity index (χ0n) is 14.2. The maximum absolute atomic E-state index is 12.7. The number of fused-ring (bicyclic) bond motifs is 1. The maximum Gasteiger partial charge on any atom is 0.324 e. The second-order valence-corrected chi connectivity index (χ2v) is 6.18. The van der Waals surface area contributed by atoms with Crippen LogP contribution in [0.1, 0.15) is 12.0 Å². The first kappa shape index (κ1) is 17.2. The molecule has 9 heteroatoms. The van der Waals surface area contributed by atoms with E-state index in [0.29, 0.717) is 32.7 Å². The Bertz CT molecular complexity index is 644. The van der Waals surface area contributed by atoms with Crippen LogP contribution in [0.4, 0.5) is 10.5 Å². The molecule has 0 saturated carbocycles. The molecule has 4 N–H and O–H groups in total. The van der Waals surface area contributed by atoms with E-state index in [1.807, 2.05) is 26.9 Å². The number of nitrogens with zero attached hydrogens (tertiary/aromatic N) is 6. The Balaban J connectivity index is 1.64. The molecule has 134 valence electrons. The van der Waals surface area contributed by atoms with Gasteiger partial charge in [0.2, 0.25) is 0 Å². The molecule has 9 nitrogen and oxygen atoms in total. The number of urea groups is 1. The molecule has 0 aliphatic carbocycles. The standard InChI is InChI=1S/C16H24N8O/c17-7-1-2-13-3-5-14(6-4-13)24-11-15-10-22(21-20-12-19-18)8-9-23(15)16(24)25/h3-6,12,15H,1-2,7-11,17-18H2. The predicted molar refractivity (Wildman–Crippen MR) is 96.2 cm³/mol. The summed E-state index contributed by atoms with van der Waals surface area (Å²) in [7, 11) is 0. The number of hydrazone groups is 1. The molecule has 25 heavy (non-hydrogen) atoms. The molecule has 1 aromatic rings. The first-order chi connectivity index (χ1) is 12.2. The number of carbonyl (C=O) groups excluding carboxylic acids is 1. The van der Waals surface area contributed by atoms with Crippen molar-refractivity contribution in [2.75, 3.05) is 37.6 Å². The quantitative estimate of drug-likeness (QED) is 0.261. The molecule has 2 heterocycles. The smallest absolute Gasteiger partial charge is 0.324 e. The Labute approximate surface area is 146 Å². The van der Waals surface area contributed by atoms with Gasteiger partial charge >= 0.3 is 6.03 Å². The molecule has 2 saturated heterocycles. The van der Waals surface area contributed by atoms with Crippen molar-refractivity contribution < 1.29 is 4.79 Å². The summed E-state index contributed by atoms with van der Waals surface area (Å²) in [6, 6.07) is 8.32. The highest BCUT2D eigenvalue weighted by atomic mass is 16.2. The fourth-order valence-electron chi connectivity index (χ4n) is 3.26. The molecule has 2 aliphatic rings. The lowest BCUT2D eigenvalue weighted by Gasteiger charge is -2.33. The molecule has 1 aromatic carbocycles. The predicted octanol–water partition coefficient (Wildman–Crippen LogP) is 0.773. The van der Waals surface area contributed by atoms with Gasteiger partial charge in [-0.3, -0.25) is 9.91 Å². The van der Waals surface area contributed by atoms with E-state index < -0.39 is 0 Å². The third-order valence-corrected chi connectivity index (χ3v) is 4.55. The van der Waals surface area contributed by atoms with Crippen LogP contribution in [0.15, 0.2) is 39.7 Å².